The summed E-state index contributed by atoms with van der Waals surface area (Å²) in [4.78, 5) is 110. The minimum Gasteiger partial charge on any atom is -0.465 e. The molecule has 3 aliphatic rings. The summed E-state index contributed by atoms with van der Waals surface area (Å²) >= 11 is 0. The Labute approximate surface area is 310 Å². The highest BCUT2D eigenvalue weighted by Gasteiger charge is 2.91. The zero-order valence-corrected chi connectivity index (χ0v) is 31.4. The molecule has 2 bridgehead atoms. The molecule has 1 N–H and O–H groups in total. The van der Waals surface area contributed by atoms with Gasteiger partial charge in [-0.2, -0.15) is 0 Å². The first-order valence-electron chi connectivity index (χ1n) is 17.2. The number of nitrogens with zero attached hydrogens (tertiary/aromatic N) is 1. The van der Waals surface area contributed by atoms with E-state index in [1.807, 2.05) is 0 Å². The normalized spacial score (nSPS) is 34.3. The zero-order valence-electron chi connectivity index (χ0n) is 31.4. The Balaban J connectivity index is 2.16. The van der Waals surface area contributed by atoms with Gasteiger partial charge in [-0.3, -0.25) is 38.5 Å². The van der Waals surface area contributed by atoms with Gasteiger partial charge in [0.1, 0.15) is 35.9 Å². The fraction of sp³-hybridized carbons (Fsp3) is 0.639. The van der Waals surface area contributed by atoms with E-state index in [9.17, 15) is 38.7 Å². The van der Waals surface area contributed by atoms with E-state index in [4.69, 9.17) is 37.9 Å². The quantitative estimate of drug-likeness (QED) is 0.230. The van der Waals surface area contributed by atoms with Gasteiger partial charge in [-0.05, 0) is 32.4 Å². The number of Topliss-reactive ketones (excluding diaryl/α,β-unsaturated/α-hetero) is 1. The second-order valence-electron chi connectivity index (χ2n) is 14.1. The van der Waals surface area contributed by atoms with E-state index in [0.29, 0.717) is 0 Å². The molecule has 2 heterocycles. The van der Waals surface area contributed by atoms with Crippen molar-refractivity contribution in [3.05, 3.63) is 30.1 Å². The fourth-order valence-corrected chi connectivity index (χ4v) is 7.97. The lowest BCUT2D eigenvalue weighted by Crippen LogP contribution is -2.88. The number of aliphatic hydroxyl groups is 1. The zero-order chi connectivity index (χ0) is 40.6. The van der Waals surface area contributed by atoms with Gasteiger partial charge in [0.15, 0.2) is 35.8 Å². The van der Waals surface area contributed by atoms with E-state index < -0.39 is 125 Å². The number of hydrogen-bond donors (Lipinski definition) is 1. The summed E-state index contributed by atoms with van der Waals surface area (Å²) in [6.45, 7) is 8.49. The molecule has 1 aromatic rings. The fourth-order valence-electron chi connectivity index (χ4n) is 7.97. The molecule has 2 aliphatic carbocycles. The number of aromatic nitrogens is 1. The molecular formula is C36H45NO17. The van der Waals surface area contributed by atoms with E-state index in [1.165, 1.54) is 38.4 Å². The third-order valence-electron chi connectivity index (χ3n) is 10.2. The molecule has 1 spiro atoms. The standard InChI is InChI=1S/C36H45NO17/c1-10-17(2)31(44)53-29-26(49-19(4)39)30(52-22(7)42)35(16-47-18(3)38)28(51-21(6)41)25(43)24-27(50-20(5)40)36(35,34(29,9)46)54-33(24,8)15-48-32(45)23-12-11-13-37-14-23/h11-14,17,24,26-30,46H,10,15-16H2,1-9H3. The van der Waals surface area contributed by atoms with Gasteiger partial charge in [0.2, 0.25) is 0 Å². The number of hydrogen-bond acceptors (Lipinski definition) is 18. The highest BCUT2D eigenvalue weighted by atomic mass is 16.7. The van der Waals surface area contributed by atoms with Crippen LogP contribution < -0.4 is 0 Å². The van der Waals surface area contributed by atoms with E-state index >= 15 is 4.79 Å². The lowest BCUT2D eigenvalue weighted by Gasteiger charge is -2.66. The molecule has 1 aromatic heterocycles. The predicted octanol–water partition coefficient (Wildman–Crippen LogP) is 0.964. The molecule has 296 valence electrons. The number of rotatable bonds is 12. The van der Waals surface area contributed by atoms with Crippen LogP contribution >= 0.6 is 0 Å². The first-order chi connectivity index (χ1) is 25.1. The van der Waals surface area contributed by atoms with Crippen LogP contribution in [0.15, 0.2) is 24.5 Å². The van der Waals surface area contributed by atoms with Gasteiger partial charge in [-0.25, -0.2) is 4.79 Å². The molecule has 3 fully saturated rings. The number of fused-ring (bicyclic) bond motifs is 1. The molecule has 0 radical (unpaired) electrons. The van der Waals surface area contributed by atoms with Crippen molar-refractivity contribution in [2.45, 2.75) is 116 Å². The predicted molar refractivity (Wildman–Crippen MR) is 176 cm³/mol. The lowest BCUT2D eigenvalue weighted by atomic mass is 9.45. The molecule has 11 atom stereocenters. The van der Waals surface area contributed by atoms with Gasteiger partial charge < -0.3 is 43.0 Å². The highest BCUT2D eigenvalue weighted by Crippen LogP contribution is 2.68. The van der Waals surface area contributed by atoms with Gasteiger partial charge in [-0.1, -0.05) is 13.8 Å². The summed E-state index contributed by atoms with van der Waals surface area (Å²) in [5.74, 6) is -10.7. The van der Waals surface area contributed by atoms with Crippen molar-refractivity contribution in [1.29, 1.82) is 0 Å². The second kappa shape index (κ2) is 15.4. The lowest BCUT2D eigenvalue weighted by molar-refractivity contribution is -0.376. The SMILES string of the molecule is CCC(C)C(=O)OC1C(OC(C)=O)C(OC(C)=O)C2(COC(C)=O)C(OC(C)=O)C(=O)C3C(OC(C)=O)C2(OC3(C)COC(=O)c2cccnc2)C1(C)O. The summed E-state index contributed by atoms with van der Waals surface area (Å²) in [7, 11) is 0. The van der Waals surface area contributed by atoms with Crippen molar-refractivity contribution in [3.63, 3.8) is 0 Å². The smallest absolute Gasteiger partial charge is 0.339 e. The average Bonchev–Trinajstić information content (AvgIpc) is 3.31. The first kappa shape index (κ1) is 41.8. The van der Waals surface area contributed by atoms with Crippen LogP contribution in [-0.2, 0) is 71.5 Å². The molecule has 1 aliphatic heterocycles. The van der Waals surface area contributed by atoms with Crippen molar-refractivity contribution in [3.8, 4) is 0 Å². The molecule has 1 saturated heterocycles. The maximum atomic E-state index is 15.0. The monoisotopic (exact) mass is 763 g/mol. The van der Waals surface area contributed by atoms with E-state index in [-0.39, 0.29) is 12.0 Å². The molecule has 18 heteroatoms. The van der Waals surface area contributed by atoms with Crippen LogP contribution in [0, 0.1) is 17.3 Å². The molecule has 0 amide bonds. The Morgan fingerprint density at radius 2 is 1.41 bits per heavy atom. The summed E-state index contributed by atoms with van der Waals surface area (Å²) < 4.78 is 46.8. The van der Waals surface area contributed by atoms with Crippen LogP contribution in [-0.4, -0.2) is 118 Å². The summed E-state index contributed by atoms with van der Waals surface area (Å²) in [5.41, 5.74) is -10.3. The van der Waals surface area contributed by atoms with Crippen molar-refractivity contribution >= 4 is 47.6 Å². The van der Waals surface area contributed by atoms with Gasteiger partial charge in [0.05, 0.1) is 17.4 Å². The van der Waals surface area contributed by atoms with E-state index in [1.54, 1.807) is 6.92 Å². The number of carbonyl (C=O) groups excluding carboxylic acids is 8. The Hall–Kier alpha value is -4.97. The Morgan fingerprint density at radius 3 is 1.93 bits per heavy atom. The van der Waals surface area contributed by atoms with Crippen LogP contribution in [0.3, 0.4) is 0 Å². The molecule has 4 rings (SSSR count). The van der Waals surface area contributed by atoms with Gasteiger partial charge in [0, 0.05) is 47.0 Å². The summed E-state index contributed by atoms with van der Waals surface area (Å²) in [5, 5.41) is 13.2. The largest absolute Gasteiger partial charge is 0.465 e. The molecule has 18 nitrogen and oxygen atoms in total. The van der Waals surface area contributed by atoms with Gasteiger partial charge in [0.25, 0.3) is 0 Å². The summed E-state index contributed by atoms with van der Waals surface area (Å²) in [6, 6.07) is 2.87. The van der Waals surface area contributed by atoms with Crippen LogP contribution in [0.4, 0.5) is 0 Å². The molecular weight excluding hydrogens is 718 g/mol. The Morgan fingerprint density at radius 1 is 0.815 bits per heavy atom. The number of pyridine rings is 1. The van der Waals surface area contributed by atoms with Crippen molar-refractivity contribution in [2.75, 3.05) is 13.2 Å². The van der Waals surface area contributed by atoms with Crippen molar-refractivity contribution in [2.24, 2.45) is 17.3 Å². The number of carbonyl (C=O) groups is 8. The van der Waals surface area contributed by atoms with Gasteiger partial charge in [-0.15, -0.1) is 0 Å². The third kappa shape index (κ3) is 7.03. The van der Waals surface area contributed by atoms with Crippen LogP contribution in [0.25, 0.3) is 0 Å². The Kier molecular flexibility index (Phi) is 11.9. The topological polar surface area (TPSA) is 244 Å². The third-order valence-corrected chi connectivity index (χ3v) is 10.2. The number of ketones is 1. The highest BCUT2D eigenvalue weighted by molar-refractivity contribution is 5.94. The number of ether oxygens (including phenoxy) is 8. The van der Waals surface area contributed by atoms with Crippen molar-refractivity contribution in [1.82, 2.24) is 4.98 Å². The van der Waals surface area contributed by atoms with Gasteiger partial charge >= 0.3 is 41.8 Å². The molecule has 0 aromatic carbocycles. The van der Waals surface area contributed by atoms with E-state index in [0.717, 1.165) is 41.5 Å². The van der Waals surface area contributed by atoms with Crippen molar-refractivity contribution < 1.29 is 81.4 Å². The average molecular weight is 764 g/mol. The minimum atomic E-state index is -2.81. The Bertz CT molecular complexity index is 1690. The number of esters is 7. The minimum absolute atomic E-state index is 0.00548. The van der Waals surface area contributed by atoms with Crippen LogP contribution in [0.2, 0.25) is 0 Å². The molecule has 11 unspecified atom stereocenters. The van der Waals surface area contributed by atoms with Crippen LogP contribution in [0.5, 0.6) is 0 Å². The second-order valence-corrected chi connectivity index (χ2v) is 14.1. The van der Waals surface area contributed by atoms with Crippen LogP contribution in [0.1, 0.15) is 79.1 Å². The maximum Gasteiger partial charge on any atom is 0.339 e. The first-order valence-corrected chi connectivity index (χ1v) is 17.2. The summed E-state index contributed by atoms with van der Waals surface area (Å²) in [6.07, 6.45) is -7.48. The maximum absolute atomic E-state index is 15.0. The molecule has 54 heavy (non-hydrogen) atoms. The van der Waals surface area contributed by atoms with E-state index in [2.05, 4.69) is 4.98 Å². The molecule has 2 saturated carbocycles.